The molecule has 0 amide bonds. The quantitative estimate of drug-likeness (QED) is 0.526. The first kappa shape index (κ1) is 20.2. The average Bonchev–Trinajstić information content (AvgIpc) is 2.54. The molecule has 0 saturated heterocycles. The normalized spacial score (nSPS) is 14.3. The van der Waals surface area contributed by atoms with Crippen LogP contribution in [0.5, 0.6) is 11.5 Å². The molecule has 0 radical (unpaired) electrons. The van der Waals surface area contributed by atoms with E-state index in [-0.39, 0.29) is 11.9 Å². The Kier molecular flexibility index (Phi) is 7.03. The van der Waals surface area contributed by atoms with Crippen molar-refractivity contribution in [1.82, 2.24) is 10.1 Å². The lowest BCUT2D eigenvalue weighted by atomic mass is 10.3. The highest BCUT2D eigenvalue weighted by atomic mass is 35.5. The molecule has 0 aliphatic heterocycles. The molecule has 2 rings (SSSR count). The first-order valence-corrected chi connectivity index (χ1v) is 9.82. The maximum atomic E-state index is 13.2. The first-order chi connectivity index (χ1) is 12.3. The van der Waals surface area contributed by atoms with Gasteiger partial charge in [0, 0.05) is 12.3 Å². The fourth-order valence-electron chi connectivity index (χ4n) is 1.90. The molecule has 0 aliphatic carbocycles. The Morgan fingerprint density at radius 1 is 1.12 bits per heavy atom. The zero-order valence-corrected chi connectivity index (χ0v) is 16.2. The number of para-hydroxylation sites is 1. The molecule has 1 N–H and O–H groups in total. The Balaban J connectivity index is 2.22. The molecule has 2 aromatic rings. The van der Waals surface area contributed by atoms with Gasteiger partial charge in [-0.2, -0.15) is 5.09 Å². The molecular weight excluding hydrogens is 379 g/mol. The van der Waals surface area contributed by atoms with Crippen molar-refractivity contribution in [2.75, 3.05) is 0 Å². The molecular formula is C17H20ClN2O5P. The van der Waals surface area contributed by atoms with E-state index < -0.39 is 19.8 Å². The number of aromatic nitrogens is 1. The van der Waals surface area contributed by atoms with Gasteiger partial charge in [0.1, 0.15) is 11.8 Å². The second kappa shape index (κ2) is 9.03. The van der Waals surface area contributed by atoms with Crippen molar-refractivity contribution >= 4 is 25.3 Å². The van der Waals surface area contributed by atoms with Crippen LogP contribution in [-0.2, 0) is 14.1 Å². The number of rotatable bonds is 8. The lowest BCUT2D eigenvalue weighted by Gasteiger charge is -2.23. The van der Waals surface area contributed by atoms with Crippen LogP contribution in [0.1, 0.15) is 20.8 Å². The molecule has 0 fully saturated rings. The summed E-state index contributed by atoms with van der Waals surface area (Å²) < 4.78 is 29.3. The van der Waals surface area contributed by atoms with Gasteiger partial charge in [0.25, 0.3) is 0 Å². The van der Waals surface area contributed by atoms with E-state index in [9.17, 15) is 9.36 Å². The number of benzene rings is 1. The summed E-state index contributed by atoms with van der Waals surface area (Å²) in [5.41, 5.74) is 0. The number of halogens is 1. The summed E-state index contributed by atoms with van der Waals surface area (Å²) >= 11 is 5.88. The van der Waals surface area contributed by atoms with E-state index in [1.807, 2.05) is 0 Å². The van der Waals surface area contributed by atoms with Gasteiger partial charge in [0.15, 0.2) is 5.75 Å². The zero-order chi connectivity index (χ0) is 19.2. The second-order valence-corrected chi connectivity index (χ2v) is 7.72. The highest BCUT2D eigenvalue weighted by Gasteiger charge is 2.34. The minimum absolute atomic E-state index is 0.133. The fourth-order valence-corrected chi connectivity index (χ4v) is 3.56. The maximum Gasteiger partial charge on any atom is 0.513 e. The van der Waals surface area contributed by atoms with Crippen LogP contribution in [0, 0.1) is 0 Å². The predicted molar refractivity (Wildman–Crippen MR) is 98.4 cm³/mol. The molecule has 1 aromatic carbocycles. The van der Waals surface area contributed by atoms with Crippen LogP contribution in [0.15, 0.2) is 48.8 Å². The van der Waals surface area contributed by atoms with Crippen LogP contribution >= 0.6 is 19.3 Å². The molecule has 0 saturated carbocycles. The van der Waals surface area contributed by atoms with E-state index in [4.69, 9.17) is 25.4 Å². The Bertz CT molecular complexity index is 788. The highest BCUT2D eigenvalue weighted by molar-refractivity contribution is 7.52. The molecule has 1 heterocycles. The number of pyridine rings is 1. The van der Waals surface area contributed by atoms with Gasteiger partial charge < -0.3 is 13.8 Å². The molecule has 26 heavy (non-hydrogen) atoms. The summed E-state index contributed by atoms with van der Waals surface area (Å²) in [6.07, 6.45) is 2.44. The van der Waals surface area contributed by atoms with Crippen molar-refractivity contribution in [2.24, 2.45) is 0 Å². The number of nitrogens with one attached hydrogen (secondary N) is 1. The van der Waals surface area contributed by atoms with Gasteiger partial charge in [0.2, 0.25) is 0 Å². The standard InChI is InChI=1S/C17H20ClN2O5P/c1-12(2)23-17(21)13(3)20-26(22,24-15-7-5-4-6-8-15)25-16-9-14(18)10-19-11-16/h4-13H,1-3H3,(H,20,22)/t13-,26?/m0/s1. The number of esters is 1. The van der Waals surface area contributed by atoms with Gasteiger partial charge in [-0.1, -0.05) is 29.8 Å². The molecule has 9 heteroatoms. The highest BCUT2D eigenvalue weighted by Crippen LogP contribution is 2.45. The zero-order valence-electron chi connectivity index (χ0n) is 14.6. The van der Waals surface area contributed by atoms with Crippen LogP contribution in [0.3, 0.4) is 0 Å². The molecule has 140 valence electrons. The minimum Gasteiger partial charge on any atom is -0.462 e. The van der Waals surface area contributed by atoms with Crippen LogP contribution in [0.4, 0.5) is 0 Å². The summed E-state index contributed by atoms with van der Waals surface area (Å²) in [4.78, 5) is 15.9. The third-order valence-corrected chi connectivity index (χ3v) is 4.74. The number of hydrogen-bond acceptors (Lipinski definition) is 6. The smallest absolute Gasteiger partial charge is 0.462 e. The lowest BCUT2D eigenvalue weighted by molar-refractivity contribution is -0.149. The largest absolute Gasteiger partial charge is 0.513 e. The summed E-state index contributed by atoms with van der Waals surface area (Å²) in [6, 6.07) is 8.97. The third-order valence-electron chi connectivity index (χ3n) is 2.93. The van der Waals surface area contributed by atoms with Crippen LogP contribution in [-0.4, -0.2) is 23.1 Å². The Labute approximate surface area is 157 Å². The van der Waals surface area contributed by atoms with E-state index >= 15 is 0 Å². The molecule has 1 unspecified atom stereocenters. The van der Waals surface area contributed by atoms with E-state index in [0.29, 0.717) is 10.8 Å². The second-order valence-electron chi connectivity index (χ2n) is 5.67. The number of carbonyl (C=O) groups is 1. The number of hydrogen-bond donors (Lipinski definition) is 1. The summed E-state index contributed by atoms with van der Waals surface area (Å²) in [7, 11) is -3.99. The Morgan fingerprint density at radius 3 is 2.38 bits per heavy atom. The van der Waals surface area contributed by atoms with Gasteiger partial charge >= 0.3 is 13.7 Å². The van der Waals surface area contributed by atoms with Crippen molar-refractivity contribution in [1.29, 1.82) is 0 Å². The molecule has 0 aliphatic rings. The summed E-state index contributed by atoms with van der Waals surface area (Å²) in [5, 5.41) is 2.89. The number of nitrogens with zero attached hydrogens (tertiary/aromatic N) is 1. The van der Waals surface area contributed by atoms with Crippen molar-refractivity contribution in [2.45, 2.75) is 32.9 Å². The fraction of sp³-hybridized carbons (Fsp3) is 0.294. The minimum atomic E-state index is -3.99. The van der Waals surface area contributed by atoms with Gasteiger partial charge in [-0.05, 0) is 32.9 Å². The molecule has 1 aromatic heterocycles. The Morgan fingerprint density at radius 2 is 1.77 bits per heavy atom. The van der Waals surface area contributed by atoms with Crippen LogP contribution in [0.25, 0.3) is 0 Å². The van der Waals surface area contributed by atoms with Gasteiger partial charge in [-0.25, -0.2) is 4.57 Å². The van der Waals surface area contributed by atoms with E-state index in [1.165, 1.54) is 25.4 Å². The monoisotopic (exact) mass is 398 g/mol. The van der Waals surface area contributed by atoms with Crippen molar-refractivity contribution in [3.63, 3.8) is 0 Å². The summed E-state index contributed by atoms with van der Waals surface area (Å²) in [5.74, 6) is -0.138. The van der Waals surface area contributed by atoms with Crippen molar-refractivity contribution in [3.8, 4) is 11.5 Å². The maximum absolute atomic E-state index is 13.2. The topological polar surface area (TPSA) is 86.8 Å². The van der Waals surface area contributed by atoms with Crippen LogP contribution in [0.2, 0.25) is 5.02 Å². The first-order valence-electron chi connectivity index (χ1n) is 7.90. The third kappa shape index (κ3) is 6.33. The van der Waals surface area contributed by atoms with Gasteiger partial charge in [-0.3, -0.25) is 9.78 Å². The average molecular weight is 399 g/mol. The van der Waals surface area contributed by atoms with Crippen molar-refractivity contribution < 1.29 is 23.1 Å². The summed E-state index contributed by atoms with van der Waals surface area (Å²) in [6.45, 7) is 4.95. The SMILES string of the molecule is CC(C)OC(=O)[C@H](C)NP(=O)(Oc1ccccc1)Oc1cncc(Cl)c1. The van der Waals surface area contributed by atoms with Crippen LogP contribution < -0.4 is 14.1 Å². The van der Waals surface area contributed by atoms with Gasteiger partial charge in [0.05, 0.1) is 17.3 Å². The number of ether oxygens (including phenoxy) is 1. The van der Waals surface area contributed by atoms with E-state index in [0.717, 1.165) is 0 Å². The molecule has 2 atom stereocenters. The van der Waals surface area contributed by atoms with E-state index in [1.54, 1.807) is 44.2 Å². The van der Waals surface area contributed by atoms with Crippen molar-refractivity contribution in [3.05, 3.63) is 53.8 Å². The molecule has 7 nitrogen and oxygen atoms in total. The van der Waals surface area contributed by atoms with Gasteiger partial charge in [-0.15, -0.1) is 0 Å². The predicted octanol–water partition coefficient (Wildman–Crippen LogP) is 4.23. The lowest BCUT2D eigenvalue weighted by Crippen LogP contribution is -2.36. The molecule has 0 bridgehead atoms. The molecule has 0 spiro atoms. The number of carbonyl (C=O) groups excluding carboxylic acids is 1. The van der Waals surface area contributed by atoms with E-state index in [2.05, 4.69) is 10.1 Å². The Hall–Kier alpha value is -2.08.